The summed E-state index contributed by atoms with van der Waals surface area (Å²) < 4.78 is 2.00. The second-order valence-corrected chi connectivity index (χ2v) is 7.95. The van der Waals surface area contributed by atoms with E-state index in [1.54, 1.807) is 12.4 Å². The number of benzene rings is 2. The van der Waals surface area contributed by atoms with Crippen LogP contribution in [-0.2, 0) is 11.2 Å². The van der Waals surface area contributed by atoms with Gasteiger partial charge in [-0.1, -0.05) is 55.1 Å². The number of hydrogen-bond acceptors (Lipinski definition) is 5. The Hall–Kier alpha value is -3.45. The van der Waals surface area contributed by atoms with Gasteiger partial charge in [-0.05, 0) is 48.7 Å². The Kier molecular flexibility index (Phi) is 6.43. The van der Waals surface area contributed by atoms with Crippen molar-refractivity contribution in [3.05, 3.63) is 84.2 Å². The van der Waals surface area contributed by atoms with Gasteiger partial charge in [0.05, 0.1) is 11.4 Å². The van der Waals surface area contributed by atoms with Crippen molar-refractivity contribution in [1.82, 2.24) is 19.7 Å². The fraction of sp³-hybridized carbons (Fsp3) is 0.167. The first-order chi connectivity index (χ1) is 15.2. The number of hydrogen-bond donors (Lipinski definition) is 1. The number of nitrogens with zero attached hydrogens (tertiary/aromatic N) is 4. The lowest BCUT2D eigenvalue weighted by Crippen LogP contribution is -2.15. The summed E-state index contributed by atoms with van der Waals surface area (Å²) in [6, 6.07) is 19.7. The zero-order chi connectivity index (χ0) is 21.6. The molecule has 0 saturated heterocycles. The first-order valence-electron chi connectivity index (χ1n) is 10.1. The van der Waals surface area contributed by atoms with Crippen LogP contribution >= 0.6 is 11.8 Å². The minimum atomic E-state index is -0.0734. The third-order valence-electron chi connectivity index (χ3n) is 4.93. The Bertz CT molecular complexity index is 1190. The quantitative estimate of drug-likeness (QED) is 0.422. The number of thioether (sulfide) groups is 1. The van der Waals surface area contributed by atoms with Crippen LogP contribution in [0.1, 0.15) is 18.1 Å². The molecular weight excluding hydrogens is 406 g/mol. The molecular formula is C24H23N5OS. The number of para-hydroxylation sites is 2. The molecule has 2 heterocycles. The van der Waals surface area contributed by atoms with Crippen molar-refractivity contribution < 1.29 is 4.79 Å². The molecule has 0 saturated carbocycles. The van der Waals surface area contributed by atoms with Gasteiger partial charge in [0.1, 0.15) is 0 Å². The van der Waals surface area contributed by atoms with Crippen LogP contribution in [0.15, 0.2) is 78.2 Å². The number of pyridine rings is 1. The lowest BCUT2D eigenvalue weighted by atomic mass is 10.1. The van der Waals surface area contributed by atoms with Gasteiger partial charge in [0, 0.05) is 23.6 Å². The molecule has 7 heteroatoms. The smallest absolute Gasteiger partial charge is 0.234 e. The van der Waals surface area contributed by atoms with Crippen LogP contribution < -0.4 is 5.32 Å². The molecule has 0 atom stereocenters. The van der Waals surface area contributed by atoms with Gasteiger partial charge >= 0.3 is 0 Å². The fourth-order valence-corrected chi connectivity index (χ4v) is 4.09. The molecule has 0 aliphatic carbocycles. The lowest BCUT2D eigenvalue weighted by Gasteiger charge is -2.13. The Morgan fingerprint density at radius 3 is 2.52 bits per heavy atom. The highest BCUT2D eigenvalue weighted by molar-refractivity contribution is 7.99. The van der Waals surface area contributed by atoms with Gasteiger partial charge in [-0.3, -0.25) is 14.3 Å². The summed E-state index contributed by atoms with van der Waals surface area (Å²) in [5.41, 5.74) is 4.97. The van der Waals surface area contributed by atoms with Gasteiger partial charge in [-0.15, -0.1) is 10.2 Å². The van der Waals surface area contributed by atoms with Crippen molar-refractivity contribution in [3.63, 3.8) is 0 Å². The Balaban J connectivity index is 1.61. The summed E-state index contributed by atoms with van der Waals surface area (Å²) in [7, 11) is 0. The predicted molar refractivity (Wildman–Crippen MR) is 125 cm³/mol. The molecule has 1 amide bonds. The normalized spacial score (nSPS) is 10.8. The first-order valence-corrected chi connectivity index (χ1v) is 11.1. The monoisotopic (exact) mass is 429 g/mol. The molecule has 2 aromatic carbocycles. The molecule has 0 aliphatic rings. The molecule has 0 unspecified atom stereocenters. The molecule has 0 fully saturated rings. The van der Waals surface area contributed by atoms with Gasteiger partial charge < -0.3 is 5.32 Å². The molecule has 4 aromatic rings. The van der Waals surface area contributed by atoms with E-state index in [-0.39, 0.29) is 11.7 Å². The summed E-state index contributed by atoms with van der Waals surface area (Å²) in [5.74, 6) is 0.880. The predicted octanol–water partition coefficient (Wildman–Crippen LogP) is 4.93. The summed E-state index contributed by atoms with van der Waals surface area (Å²) in [6.45, 7) is 4.12. The topological polar surface area (TPSA) is 72.7 Å². The van der Waals surface area contributed by atoms with E-state index in [0.29, 0.717) is 5.16 Å². The first kappa shape index (κ1) is 20.8. The van der Waals surface area contributed by atoms with Crippen molar-refractivity contribution in [1.29, 1.82) is 0 Å². The SMILES string of the molecule is CCc1ccccc1NC(=O)CSc1nnc(-c2ccncc2)n1-c1ccccc1C. The van der Waals surface area contributed by atoms with Gasteiger partial charge in [-0.25, -0.2) is 0 Å². The molecule has 2 aromatic heterocycles. The molecule has 6 nitrogen and oxygen atoms in total. The van der Waals surface area contributed by atoms with Crippen molar-refractivity contribution in [3.8, 4) is 17.1 Å². The van der Waals surface area contributed by atoms with Crippen LogP contribution in [-0.4, -0.2) is 31.4 Å². The van der Waals surface area contributed by atoms with Crippen LogP contribution in [0.3, 0.4) is 0 Å². The number of anilines is 1. The number of aromatic nitrogens is 4. The van der Waals surface area contributed by atoms with Crippen LogP contribution in [0.2, 0.25) is 0 Å². The standard InChI is InChI=1S/C24H23N5OS/c1-3-18-9-5-6-10-20(18)26-22(30)16-31-24-28-27-23(19-12-14-25-15-13-19)29(24)21-11-7-4-8-17(21)2/h4-15H,3,16H2,1-2H3,(H,26,30). The van der Waals surface area contributed by atoms with Gasteiger partial charge in [0.15, 0.2) is 11.0 Å². The lowest BCUT2D eigenvalue weighted by molar-refractivity contribution is -0.113. The van der Waals surface area contributed by atoms with E-state index < -0.39 is 0 Å². The fourth-order valence-electron chi connectivity index (χ4n) is 3.35. The van der Waals surface area contributed by atoms with Crippen LogP contribution in [0.4, 0.5) is 5.69 Å². The third-order valence-corrected chi connectivity index (χ3v) is 5.86. The molecule has 4 rings (SSSR count). The zero-order valence-corrected chi connectivity index (χ0v) is 18.3. The largest absolute Gasteiger partial charge is 0.325 e. The number of aryl methyl sites for hydroxylation is 2. The molecule has 0 aliphatic heterocycles. The van der Waals surface area contributed by atoms with Crippen LogP contribution in [0, 0.1) is 6.92 Å². The maximum atomic E-state index is 12.6. The number of nitrogens with one attached hydrogen (secondary N) is 1. The second kappa shape index (κ2) is 9.57. The highest BCUT2D eigenvalue weighted by Gasteiger charge is 2.18. The van der Waals surface area contributed by atoms with Crippen molar-refractivity contribution in [2.24, 2.45) is 0 Å². The molecule has 0 radical (unpaired) electrons. The molecule has 156 valence electrons. The maximum absolute atomic E-state index is 12.6. The third kappa shape index (κ3) is 4.67. The second-order valence-electron chi connectivity index (χ2n) is 7.01. The zero-order valence-electron chi connectivity index (χ0n) is 17.4. The van der Waals surface area contributed by atoms with Gasteiger partial charge in [0.2, 0.25) is 5.91 Å². The van der Waals surface area contributed by atoms with E-state index in [9.17, 15) is 4.79 Å². The molecule has 1 N–H and O–H groups in total. The van der Waals surface area contributed by atoms with E-state index in [0.717, 1.165) is 40.3 Å². The van der Waals surface area contributed by atoms with E-state index in [1.807, 2.05) is 59.2 Å². The Morgan fingerprint density at radius 1 is 1.00 bits per heavy atom. The highest BCUT2D eigenvalue weighted by atomic mass is 32.2. The number of carbonyl (C=O) groups excluding carboxylic acids is 1. The minimum Gasteiger partial charge on any atom is -0.325 e. The molecule has 0 spiro atoms. The van der Waals surface area contributed by atoms with Gasteiger partial charge in [-0.2, -0.15) is 0 Å². The Labute approximate surface area is 185 Å². The van der Waals surface area contributed by atoms with Crippen LogP contribution in [0.25, 0.3) is 17.1 Å². The van der Waals surface area contributed by atoms with E-state index in [1.165, 1.54) is 11.8 Å². The van der Waals surface area contributed by atoms with Gasteiger partial charge in [0.25, 0.3) is 0 Å². The molecule has 0 bridgehead atoms. The average molecular weight is 430 g/mol. The Morgan fingerprint density at radius 2 is 1.74 bits per heavy atom. The van der Waals surface area contributed by atoms with Crippen molar-refractivity contribution in [2.75, 3.05) is 11.1 Å². The minimum absolute atomic E-state index is 0.0734. The summed E-state index contributed by atoms with van der Waals surface area (Å²) in [4.78, 5) is 16.7. The summed E-state index contributed by atoms with van der Waals surface area (Å²) in [5, 5.41) is 12.5. The maximum Gasteiger partial charge on any atom is 0.234 e. The van der Waals surface area contributed by atoms with E-state index >= 15 is 0 Å². The van der Waals surface area contributed by atoms with E-state index in [4.69, 9.17) is 0 Å². The number of amides is 1. The highest BCUT2D eigenvalue weighted by Crippen LogP contribution is 2.29. The summed E-state index contributed by atoms with van der Waals surface area (Å²) >= 11 is 1.37. The number of rotatable bonds is 7. The van der Waals surface area contributed by atoms with Crippen LogP contribution in [0.5, 0.6) is 0 Å². The van der Waals surface area contributed by atoms with E-state index in [2.05, 4.69) is 40.4 Å². The summed E-state index contributed by atoms with van der Waals surface area (Å²) in [6.07, 6.45) is 4.33. The molecule has 31 heavy (non-hydrogen) atoms. The average Bonchev–Trinajstić information content (AvgIpc) is 3.22. The van der Waals surface area contributed by atoms with Crippen molar-refractivity contribution >= 4 is 23.4 Å². The van der Waals surface area contributed by atoms with Crippen molar-refractivity contribution in [2.45, 2.75) is 25.4 Å². The number of carbonyl (C=O) groups is 1.